The van der Waals surface area contributed by atoms with E-state index in [4.69, 9.17) is 5.11 Å². The van der Waals surface area contributed by atoms with Crippen molar-refractivity contribution in [2.24, 2.45) is 5.41 Å². The molecule has 1 saturated carbocycles. The van der Waals surface area contributed by atoms with Crippen molar-refractivity contribution in [3.63, 3.8) is 0 Å². The summed E-state index contributed by atoms with van der Waals surface area (Å²) in [5.41, 5.74) is -0.243. The Bertz CT molecular complexity index is 630. The van der Waals surface area contributed by atoms with Crippen LogP contribution in [0.15, 0.2) is 30.3 Å². The Labute approximate surface area is 138 Å². The fourth-order valence-corrected chi connectivity index (χ4v) is 3.75. The van der Waals surface area contributed by atoms with E-state index in [1.165, 1.54) is 11.8 Å². The maximum Gasteiger partial charge on any atom is 0.311 e. The molecule has 2 N–H and O–H groups in total. The molecule has 1 heterocycles. The molecule has 3 rings (SSSR count). The van der Waals surface area contributed by atoms with Gasteiger partial charge in [-0.1, -0.05) is 18.2 Å². The molecule has 6 nitrogen and oxygen atoms in total. The van der Waals surface area contributed by atoms with Crippen molar-refractivity contribution < 1.29 is 19.5 Å². The van der Waals surface area contributed by atoms with E-state index >= 15 is 0 Å². The van der Waals surface area contributed by atoms with Crippen LogP contribution in [0.25, 0.3) is 0 Å². The van der Waals surface area contributed by atoms with Crippen molar-refractivity contribution in [2.75, 3.05) is 18.2 Å². The number of nitrogens with one attached hydrogen (secondary N) is 1. The van der Waals surface area contributed by atoms with Gasteiger partial charge in [0.15, 0.2) is 0 Å². The van der Waals surface area contributed by atoms with E-state index in [-0.39, 0.29) is 18.4 Å². The highest BCUT2D eigenvalue weighted by Gasteiger charge is 2.50. The molecule has 1 aliphatic heterocycles. The molecule has 2 amide bonds. The number of thioether (sulfide) groups is 1. The molecule has 1 atom stereocenters. The lowest BCUT2D eigenvalue weighted by Crippen LogP contribution is -2.49. The smallest absolute Gasteiger partial charge is 0.311 e. The number of carboxylic acids is 1. The third-order valence-corrected chi connectivity index (χ3v) is 5.39. The second-order valence-corrected chi connectivity index (χ2v) is 6.96. The van der Waals surface area contributed by atoms with Gasteiger partial charge in [-0.15, -0.1) is 11.8 Å². The highest BCUT2D eigenvalue weighted by atomic mass is 32.2. The molecule has 2 aliphatic rings. The number of nitrogens with zero attached hydrogens (tertiary/aromatic N) is 1. The molecular weight excluding hydrogens is 316 g/mol. The van der Waals surface area contributed by atoms with E-state index in [1.807, 2.05) is 6.07 Å². The number of rotatable bonds is 5. The molecule has 0 spiro atoms. The van der Waals surface area contributed by atoms with Gasteiger partial charge in [-0.25, -0.2) is 0 Å². The van der Waals surface area contributed by atoms with Crippen LogP contribution >= 0.6 is 11.8 Å². The molecule has 1 aromatic rings. The lowest BCUT2D eigenvalue weighted by atomic mass is 10.1. The Kier molecular flexibility index (Phi) is 4.30. The first-order chi connectivity index (χ1) is 11.0. The Morgan fingerprint density at radius 2 is 1.96 bits per heavy atom. The van der Waals surface area contributed by atoms with Crippen LogP contribution < -0.4 is 5.32 Å². The van der Waals surface area contributed by atoms with Crippen molar-refractivity contribution in [1.29, 1.82) is 0 Å². The molecular formula is C16H18N2O4S. The summed E-state index contributed by atoms with van der Waals surface area (Å²) in [7, 11) is 0. The fraction of sp³-hybridized carbons (Fsp3) is 0.438. The quantitative estimate of drug-likeness (QED) is 0.844. The molecule has 7 heteroatoms. The van der Waals surface area contributed by atoms with Crippen molar-refractivity contribution in [3.8, 4) is 0 Å². The minimum Gasteiger partial charge on any atom is -0.481 e. The third-order valence-electron chi connectivity index (χ3n) is 4.37. The maximum absolute atomic E-state index is 12.5. The average Bonchev–Trinajstić information content (AvgIpc) is 3.21. The van der Waals surface area contributed by atoms with Crippen molar-refractivity contribution >= 4 is 29.5 Å². The van der Waals surface area contributed by atoms with E-state index in [9.17, 15) is 14.4 Å². The number of hydrogen-bond acceptors (Lipinski definition) is 4. The first-order valence-electron chi connectivity index (χ1n) is 7.48. The number of benzene rings is 1. The van der Waals surface area contributed by atoms with Gasteiger partial charge >= 0.3 is 5.97 Å². The number of amides is 2. The first-order valence-corrected chi connectivity index (χ1v) is 8.64. The van der Waals surface area contributed by atoms with E-state index < -0.39 is 17.4 Å². The molecule has 1 aliphatic carbocycles. The zero-order chi connectivity index (χ0) is 16.4. The monoisotopic (exact) mass is 334 g/mol. The molecule has 2 fully saturated rings. The molecule has 0 radical (unpaired) electrons. The van der Waals surface area contributed by atoms with Crippen molar-refractivity contribution in [2.45, 2.75) is 18.9 Å². The zero-order valence-electron chi connectivity index (χ0n) is 12.5. The van der Waals surface area contributed by atoms with Crippen LogP contribution in [0.5, 0.6) is 0 Å². The Morgan fingerprint density at radius 3 is 2.57 bits per heavy atom. The Hall–Kier alpha value is -2.02. The minimum absolute atomic E-state index is 0.135. The van der Waals surface area contributed by atoms with Crippen LogP contribution in [-0.2, 0) is 9.59 Å². The van der Waals surface area contributed by atoms with Crippen LogP contribution in [0.4, 0.5) is 0 Å². The van der Waals surface area contributed by atoms with Crippen LogP contribution in [0.2, 0.25) is 0 Å². The number of carbonyl (C=O) groups is 3. The van der Waals surface area contributed by atoms with Crippen molar-refractivity contribution in [1.82, 2.24) is 10.2 Å². The number of hydrogen-bond donors (Lipinski definition) is 2. The van der Waals surface area contributed by atoms with Crippen molar-refractivity contribution in [3.05, 3.63) is 35.9 Å². The lowest BCUT2D eigenvalue weighted by Gasteiger charge is -2.23. The summed E-state index contributed by atoms with van der Waals surface area (Å²) in [4.78, 5) is 37.6. The van der Waals surface area contributed by atoms with Gasteiger partial charge in [0.1, 0.15) is 6.04 Å². The molecule has 122 valence electrons. The van der Waals surface area contributed by atoms with Crippen LogP contribution in [0.3, 0.4) is 0 Å². The topological polar surface area (TPSA) is 86.7 Å². The molecule has 1 aromatic carbocycles. The van der Waals surface area contributed by atoms with E-state index in [0.29, 0.717) is 30.0 Å². The number of aliphatic carboxylic acids is 1. The Morgan fingerprint density at radius 1 is 1.26 bits per heavy atom. The molecule has 0 bridgehead atoms. The van der Waals surface area contributed by atoms with Crippen LogP contribution in [0, 0.1) is 5.41 Å². The second-order valence-electron chi connectivity index (χ2n) is 5.96. The maximum atomic E-state index is 12.5. The Balaban J connectivity index is 1.63. The lowest BCUT2D eigenvalue weighted by molar-refractivity contribution is -0.143. The van der Waals surface area contributed by atoms with E-state index in [1.54, 1.807) is 29.2 Å². The van der Waals surface area contributed by atoms with Gasteiger partial charge in [-0.2, -0.15) is 0 Å². The summed E-state index contributed by atoms with van der Waals surface area (Å²) in [6, 6.07) is 8.32. The minimum atomic E-state index is -0.865. The van der Waals surface area contributed by atoms with E-state index in [0.717, 1.165) is 0 Å². The highest BCUT2D eigenvalue weighted by Crippen LogP contribution is 2.45. The average molecular weight is 334 g/mol. The summed E-state index contributed by atoms with van der Waals surface area (Å²) in [6.07, 6.45) is 1.18. The normalized spacial score (nSPS) is 21.7. The standard InChI is InChI=1S/C16H18N2O4S/c19-13(17-9-16(6-7-16)15(21)22)12-8-23-10-18(12)14(20)11-4-2-1-3-5-11/h1-5,12H,6-10H2,(H,17,19)(H,21,22). The summed E-state index contributed by atoms with van der Waals surface area (Å²) in [6.45, 7) is 0.135. The molecule has 0 aromatic heterocycles. The predicted octanol–water partition coefficient (Wildman–Crippen LogP) is 1.18. The summed E-state index contributed by atoms with van der Waals surface area (Å²) >= 11 is 1.52. The van der Waals surface area contributed by atoms with Gasteiger partial charge in [0.2, 0.25) is 5.91 Å². The molecule has 1 unspecified atom stereocenters. The molecule has 1 saturated heterocycles. The molecule has 23 heavy (non-hydrogen) atoms. The summed E-state index contributed by atoms with van der Waals surface area (Å²) in [5.74, 6) is -0.307. The highest BCUT2D eigenvalue weighted by molar-refractivity contribution is 7.99. The fourth-order valence-electron chi connectivity index (χ4n) is 2.60. The summed E-state index contributed by atoms with van der Waals surface area (Å²) < 4.78 is 0. The number of carboxylic acid groups (broad SMARTS) is 1. The van der Waals surface area contributed by atoms with Gasteiger partial charge in [-0.05, 0) is 25.0 Å². The SMILES string of the molecule is O=C(NCC1(C(=O)O)CC1)C1CSCN1C(=O)c1ccccc1. The van der Waals surface area contributed by atoms with Gasteiger partial charge in [0.05, 0.1) is 11.3 Å². The van der Waals surface area contributed by atoms with Crippen LogP contribution in [0.1, 0.15) is 23.2 Å². The van der Waals surface area contributed by atoms with E-state index in [2.05, 4.69) is 5.32 Å². The number of carbonyl (C=O) groups excluding carboxylic acids is 2. The van der Waals surface area contributed by atoms with Crippen LogP contribution in [-0.4, -0.2) is 52.0 Å². The van der Waals surface area contributed by atoms with Gasteiger partial charge in [0.25, 0.3) is 5.91 Å². The predicted molar refractivity (Wildman–Crippen MR) is 86.0 cm³/mol. The van der Waals surface area contributed by atoms with Gasteiger partial charge in [-0.3, -0.25) is 14.4 Å². The van der Waals surface area contributed by atoms with Gasteiger partial charge < -0.3 is 15.3 Å². The summed E-state index contributed by atoms with van der Waals surface area (Å²) in [5, 5.41) is 11.9. The second kappa shape index (κ2) is 6.23. The largest absolute Gasteiger partial charge is 0.481 e. The first kappa shape index (κ1) is 15.9. The zero-order valence-corrected chi connectivity index (χ0v) is 13.3. The van der Waals surface area contributed by atoms with Gasteiger partial charge in [0, 0.05) is 17.9 Å². The third kappa shape index (κ3) is 3.19.